The van der Waals surface area contributed by atoms with Gasteiger partial charge in [-0.05, 0) is 19.1 Å². The number of rotatable bonds is 6. The van der Waals surface area contributed by atoms with Crippen LogP contribution in [0.1, 0.15) is 11.4 Å². The van der Waals surface area contributed by atoms with Gasteiger partial charge >= 0.3 is 6.03 Å². The van der Waals surface area contributed by atoms with Gasteiger partial charge in [0.25, 0.3) is 10.0 Å². The average Bonchev–Trinajstić information content (AvgIpc) is 2.74. The molecule has 1 aliphatic heterocycles. The highest BCUT2D eigenvalue weighted by atomic mass is 32.2. The molecule has 0 aliphatic carbocycles. The number of aromatic nitrogens is 2. The van der Waals surface area contributed by atoms with Gasteiger partial charge in [0.15, 0.2) is 0 Å². The predicted octanol–water partition coefficient (Wildman–Crippen LogP) is 1.02. The Hall–Kier alpha value is -2.92. The van der Waals surface area contributed by atoms with Gasteiger partial charge in [-0.25, -0.2) is 17.9 Å². The van der Waals surface area contributed by atoms with E-state index in [9.17, 15) is 13.2 Å². The number of aryl methyl sites for hydroxylation is 1. The highest BCUT2D eigenvalue weighted by Crippen LogP contribution is 2.16. The molecule has 2 amide bonds. The number of carbonyl (C=O) groups excluding carboxylic acids is 1. The summed E-state index contributed by atoms with van der Waals surface area (Å²) in [5, 5.41) is 0. The van der Waals surface area contributed by atoms with E-state index in [1.165, 1.54) is 31.3 Å². The number of nitrogens with one attached hydrogen (secondary N) is 1. The zero-order valence-corrected chi connectivity index (χ0v) is 18.0. The standard InChI is InChI=1S/C19H25N5O5S/c1-14-4-6-15(7-5-14)30(26,27)22-19(25)24-10-8-23(9-11-24)13-16-20-17(28-2)12-18(21-16)29-3/h4-7,12H,8-11,13H2,1-3H3,(H,22,25). The van der Waals surface area contributed by atoms with Gasteiger partial charge in [-0.15, -0.1) is 0 Å². The van der Waals surface area contributed by atoms with E-state index in [1.807, 2.05) is 6.92 Å². The summed E-state index contributed by atoms with van der Waals surface area (Å²) >= 11 is 0. The molecule has 0 saturated carbocycles. The van der Waals surface area contributed by atoms with Gasteiger partial charge in [-0.1, -0.05) is 17.7 Å². The zero-order chi connectivity index (χ0) is 21.7. The van der Waals surface area contributed by atoms with Crippen LogP contribution in [0.5, 0.6) is 11.8 Å². The molecule has 1 aromatic carbocycles. The molecule has 30 heavy (non-hydrogen) atoms. The van der Waals surface area contributed by atoms with Crippen molar-refractivity contribution in [2.45, 2.75) is 18.4 Å². The first kappa shape index (κ1) is 21.8. The summed E-state index contributed by atoms with van der Waals surface area (Å²) in [5.41, 5.74) is 0.939. The Labute approximate surface area is 175 Å². The number of urea groups is 1. The normalized spacial score (nSPS) is 15.0. The number of carbonyl (C=O) groups is 1. The number of amides is 2. The Kier molecular flexibility index (Phi) is 6.73. The fraction of sp³-hybridized carbons (Fsp3) is 0.421. The first-order chi connectivity index (χ1) is 14.3. The molecule has 11 heteroatoms. The number of hydrogen-bond donors (Lipinski definition) is 1. The molecule has 3 rings (SSSR count). The van der Waals surface area contributed by atoms with E-state index in [2.05, 4.69) is 19.6 Å². The van der Waals surface area contributed by atoms with Crippen LogP contribution in [-0.2, 0) is 16.6 Å². The van der Waals surface area contributed by atoms with E-state index >= 15 is 0 Å². The second kappa shape index (κ2) is 9.26. The summed E-state index contributed by atoms with van der Waals surface area (Å²) < 4.78 is 37.3. The summed E-state index contributed by atoms with van der Waals surface area (Å²) in [4.78, 5) is 24.7. The van der Waals surface area contributed by atoms with E-state index in [4.69, 9.17) is 9.47 Å². The monoisotopic (exact) mass is 435 g/mol. The molecule has 0 bridgehead atoms. The number of hydrogen-bond acceptors (Lipinski definition) is 8. The zero-order valence-electron chi connectivity index (χ0n) is 17.2. The topological polar surface area (TPSA) is 114 Å². The van der Waals surface area contributed by atoms with Crippen LogP contribution in [0, 0.1) is 6.92 Å². The molecule has 2 aromatic rings. The quantitative estimate of drug-likeness (QED) is 0.715. The van der Waals surface area contributed by atoms with Crippen LogP contribution in [0.4, 0.5) is 4.79 Å². The van der Waals surface area contributed by atoms with Crippen molar-refractivity contribution in [2.75, 3.05) is 40.4 Å². The summed E-state index contributed by atoms with van der Waals surface area (Å²) in [6.45, 7) is 4.21. The highest BCUT2D eigenvalue weighted by Gasteiger charge is 2.26. The molecular formula is C19H25N5O5S. The summed E-state index contributed by atoms with van der Waals surface area (Å²) in [6.07, 6.45) is 0. The SMILES string of the molecule is COc1cc(OC)nc(CN2CCN(C(=O)NS(=O)(=O)c3ccc(C)cc3)CC2)n1. The lowest BCUT2D eigenvalue weighted by atomic mass is 10.2. The third kappa shape index (κ3) is 5.36. The van der Waals surface area contributed by atoms with Crippen molar-refractivity contribution in [3.05, 3.63) is 41.7 Å². The summed E-state index contributed by atoms with van der Waals surface area (Å²) in [6, 6.07) is 7.30. The number of nitrogens with zero attached hydrogens (tertiary/aromatic N) is 4. The van der Waals surface area contributed by atoms with Gasteiger partial charge in [0, 0.05) is 26.2 Å². The van der Waals surface area contributed by atoms with Gasteiger partial charge in [0.2, 0.25) is 11.8 Å². The molecule has 1 aliphatic rings. The van der Waals surface area contributed by atoms with E-state index in [-0.39, 0.29) is 4.90 Å². The first-order valence-corrected chi connectivity index (χ1v) is 10.9. The van der Waals surface area contributed by atoms with Crippen molar-refractivity contribution in [3.63, 3.8) is 0 Å². The average molecular weight is 436 g/mol. The van der Waals surface area contributed by atoms with E-state index in [1.54, 1.807) is 18.2 Å². The molecule has 1 saturated heterocycles. The van der Waals surface area contributed by atoms with E-state index in [0.29, 0.717) is 50.3 Å². The Balaban J connectivity index is 1.56. The lowest BCUT2D eigenvalue weighted by Gasteiger charge is -2.34. The molecule has 1 N–H and O–H groups in total. The molecule has 1 fully saturated rings. The minimum absolute atomic E-state index is 0.0595. The number of piperazine rings is 1. The fourth-order valence-electron chi connectivity index (χ4n) is 2.99. The Morgan fingerprint density at radius 1 is 1.03 bits per heavy atom. The van der Waals surface area contributed by atoms with Gasteiger partial charge in [0.1, 0.15) is 5.82 Å². The van der Waals surface area contributed by atoms with E-state index in [0.717, 1.165) is 5.56 Å². The minimum atomic E-state index is -3.91. The second-order valence-electron chi connectivity index (χ2n) is 6.86. The number of methoxy groups -OCH3 is 2. The molecule has 0 spiro atoms. The fourth-order valence-corrected chi connectivity index (χ4v) is 3.97. The molecule has 1 aromatic heterocycles. The lowest BCUT2D eigenvalue weighted by Crippen LogP contribution is -2.52. The first-order valence-electron chi connectivity index (χ1n) is 9.37. The van der Waals surface area contributed by atoms with Crippen LogP contribution in [0.25, 0.3) is 0 Å². The Morgan fingerprint density at radius 3 is 2.13 bits per heavy atom. The largest absolute Gasteiger partial charge is 0.481 e. The van der Waals surface area contributed by atoms with Crippen molar-refractivity contribution in [2.24, 2.45) is 0 Å². The minimum Gasteiger partial charge on any atom is -0.481 e. The van der Waals surface area contributed by atoms with Crippen molar-refractivity contribution < 1.29 is 22.7 Å². The molecule has 162 valence electrons. The van der Waals surface area contributed by atoms with E-state index < -0.39 is 16.1 Å². The number of ether oxygens (including phenoxy) is 2. The molecular weight excluding hydrogens is 410 g/mol. The smallest absolute Gasteiger partial charge is 0.331 e. The summed E-state index contributed by atoms with van der Waals surface area (Å²) in [7, 11) is -0.863. The maximum Gasteiger partial charge on any atom is 0.331 e. The van der Waals surface area contributed by atoms with Crippen LogP contribution in [0.2, 0.25) is 0 Å². The van der Waals surface area contributed by atoms with Crippen molar-refractivity contribution in [1.82, 2.24) is 24.5 Å². The van der Waals surface area contributed by atoms with Gasteiger partial charge in [0.05, 0.1) is 31.7 Å². The molecule has 2 heterocycles. The van der Waals surface area contributed by atoms with Crippen molar-refractivity contribution in [1.29, 1.82) is 0 Å². The van der Waals surface area contributed by atoms with Crippen LogP contribution < -0.4 is 14.2 Å². The lowest BCUT2D eigenvalue weighted by molar-refractivity contribution is 0.136. The van der Waals surface area contributed by atoms with Gasteiger partial charge < -0.3 is 14.4 Å². The number of benzene rings is 1. The van der Waals surface area contributed by atoms with Crippen LogP contribution in [0.15, 0.2) is 35.2 Å². The third-order valence-electron chi connectivity index (χ3n) is 4.72. The van der Waals surface area contributed by atoms with Gasteiger partial charge in [-0.2, -0.15) is 9.97 Å². The number of sulfonamides is 1. The second-order valence-corrected chi connectivity index (χ2v) is 8.54. The molecule has 0 unspecified atom stereocenters. The maximum absolute atomic E-state index is 12.4. The third-order valence-corrected chi connectivity index (χ3v) is 6.06. The molecule has 0 radical (unpaired) electrons. The van der Waals surface area contributed by atoms with Crippen LogP contribution in [-0.4, -0.2) is 74.6 Å². The highest BCUT2D eigenvalue weighted by molar-refractivity contribution is 7.90. The van der Waals surface area contributed by atoms with Gasteiger partial charge in [-0.3, -0.25) is 4.90 Å². The van der Waals surface area contributed by atoms with Crippen molar-refractivity contribution >= 4 is 16.1 Å². The molecule has 0 atom stereocenters. The Bertz CT molecular complexity index is 967. The van der Waals surface area contributed by atoms with Crippen LogP contribution >= 0.6 is 0 Å². The maximum atomic E-state index is 12.4. The van der Waals surface area contributed by atoms with Crippen LogP contribution in [0.3, 0.4) is 0 Å². The van der Waals surface area contributed by atoms with Crippen molar-refractivity contribution in [3.8, 4) is 11.8 Å². The molecule has 10 nitrogen and oxygen atoms in total. The summed E-state index contributed by atoms with van der Waals surface area (Å²) in [5.74, 6) is 1.37. The predicted molar refractivity (Wildman–Crippen MR) is 109 cm³/mol. The Morgan fingerprint density at radius 2 is 1.60 bits per heavy atom.